The van der Waals surface area contributed by atoms with Crippen molar-refractivity contribution in [2.45, 2.75) is 38.0 Å². The van der Waals surface area contributed by atoms with Gasteiger partial charge in [-0.05, 0) is 55.4 Å². The van der Waals surface area contributed by atoms with Gasteiger partial charge in [-0.25, -0.2) is 9.97 Å². The van der Waals surface area contributed by atoms with Crippen molar-refractivity contribution >= 4 is 11.0 Å². The molecule has 0 radical (unpaired) electrons. The molecule has 3 nitrogen and oxygen atoms in total. The number of hydrogen-bond acceptors (Lipinski definition) is 2. The summed E-state index contributed by atoms with van der Waals surface area (Å²) in [5.41, 5.74) is 1.10. The van der Waals surface area contributed by atoms with E-state index >= 15 is 0 Å². The van der Waals surface area contributed by atoms with Gasteiger partial charge in [0.1, 0.15) is 11.5 Å². The third-order valence-corrected chi connectivity index (χ3v) is 6.39. The lowest BCUT2D eigenvalue weighted by atomic mass is 9.75. The summed E-state index contributed by atoms with van der Waals surface area (Å²) < 4.78 is 2.12. The van der Waals surface area contributed by atoms with Gasteiger partial charge in [-0.3, -0.25) is 0 Å². The Kier molecular flexibility index (Phi) is 2.17. The van der Waals surface area contributed by atoms with Crippen molar-refractivity contribution in [1.29, 1.82) is 0 Å². The number of aromatic nitrogens is 3. The van der Waals surface area contributed by atoms with E-state index in [9.17, 15) is 0 Å². The average Bonchev–Trinajstić information content (AvgIpc) is 3.19. The maximum Gasteiger partial charge on any atom is 0.143 e. The van der Waals surface area contributed by atoms with Crippen LogP contribution in [0.15, 0.2) is 18.5 Å². The van der Waals surface area contributed by atoms with E-state index in [0.717, 1.165) is 40.5 Å². The fourth-order valence-corrected chi connectivity index (χ4v) is 5.60. The predicted octanol–water partition coefficient (Wildman–Crippen LogP) is 3.51. The molecule has 2 heterocycles. The predicted molar refractivity (Wildman–Crippen MR) is 78.3 cm³/mol. The first kappa shape index (κ1) is 11.3. The largest absolute Gasteiger partial charge is 0.335 e. The van der Waals surface area contributed by atoms with Crippen LogP contribution in [0.25, 0.3) is 11.0 Å². The van der Waals surface area contributed by atoms with Crippen molar-refractivity contribution in [3.8, 4) is 0 Å². The molecule has 0 N–H and O–H groups in total. The minimum atomic E-state index is 0.638. The van der Waals surface area contributed by atoms with E-state index in [1.54, 1.807) is 0 Å². The first-order valence-electron chi connectivity index (χ1n) is 8.09. The minimum Gasteiger partial charge on any atom is -0.335 e. The molecule has 0 saturated heterocycles. The molecule has 3 heteroatoms. The summed E-state index contributed by atoms with van der Waals surface area (Å²) in [5.74, 6) is 5.66. The highest BCUT2D eigenvalue weighted by Gasteiger charge is 2.54. The summed E-state index contributed by atoms with van der Waals surface area (Å²) in [6.45, 7) is 0. The summed E-state index contributed by atoms with van der Waals surface area (Å²) in [5, 5.41) is 1.16. The van der Waals surface area contributed by atoms with Gasteiger partial charge in [0.15, 0.2) is 0 Å². The van der Waals surface area contributed by atoms with E-state index in [0.29, 0.717) is 5.92 Å². The van der Waals surface area contributed by atoms with Crippen LogP contribution in [0.1, 0.15) is 43.8 Å². The van der Waals surface area contributed by atoms with E-state index in [1.165, 1.54) is 32.1 Å². The second kappa shape index (κ2) is 3.84. The van der Waals surface area contributed by atoms with Gasteiger partial charge in [0.25, 0.3) is 0 Å². The lowest BCUT2D eigenvalue weighted by Gasteiger charge is -2.30. The number of nitrogens with zero attached hydrogens (tertiary/aromatic N) is 3. The van der Waals surface area contributed by atoms with Crippen LogP contribution in [0.3, 0.4) is 0 Å². The van der Waals surface area contributed by atoms with E-state index in [4.69, 9.17) is 9.97 Å². The lowest BCUT2D eigenvalue weighted by molar-refractivity contribution is 0.227. The summed E-state index contributed by atoms with van der Waals surface area (Å²) in [6, 6.07) is 2.10. The molecule has 5 unspecified atom stereocenters. The molecule has 5 atom stereocenters. The molecule has 20 heavy (non-hydrogen) atoms. The Morgan fingerprint density at radius 1 is 1.15 bits per heavy atom. The van der Waals surface area contributed by atoms with E-state index in [-0.39, 0.29) is 0 Å². The van der Waals surface area contributed by atoms with Gasteiger partial charge in [-0.2, -0.15) is 0 Å². The second-order valence-electron chi connectivity index (χ2n) is 7.19. The Hall–Kier alpha value is -1.38. The Balaban J connectivity index is 1.54. The van der Waals surface area contributed by atoms with Crippen LogP contribution in [-0.2, 0) is 7.05 Å². The third kappa shape index (κ3) is 1.36. The van der Waals surface area contributed by atoms with Gasteiger partial charge in [-0.15, -0.1) is 0 Å². The highest BCUT2D eigenvalue weighted by atomic mass is 15.0. The molecule has 104 valence electrons. The molecule has 3 saturated carbocycles. The third-order valence-electron chi connectivity index (χ3n) is 6.39. The van der Waals surface area contributed by atoms with Crippen LogP contribution in [0.5, 0.6) is 0 Å². The fourth-order valence-electron chi connectivity index (χ4n) is 5.60. The molecule has 0 spiro atoms. The van der Waals surface area contributed by atoms with Crippen molar-refractivity contribution in [2.75, 3.05) is 0 Å². The van der Waals surface area contributed by atoms with Crippen LogP contribution in [0, 0.1) is 23.7 Å². The number of fused-ring (bicyclic) bond motifs is 6. The zero-order valence-corrected chi connectivity index (χ0v) is 12.0. The normalized spacial score (nSPS) is 38.8. The van der Waals surface area contributed by atoms with Crippen LogP contribution in [0.4, 0.5) is 0 Å². The van der Waals surface area contributed by atoms with Crippen LogP contribution in [0.2, 0.25) is 0 Å². The van der Waals surface area contributed by atoms with E-state index in [1.807, 2.05) is 6.20 Å². The number of aryl methyl sites for hydroxylation is 1. The smallest absolute Gasteiger partial charge is 0.143 e. The Bertz CT molecular complexity index is 674. The minimum absolute atomic E-state index is 0.638. The zero-order chi connectivity index (χ0) is 13.3. The van der Waals surface area contributed by atoms with Crippen LogP contribution >= 0.6 is 0 Å². The van der Waals surface area contributed by atoms with Crippen molar-refractivity contribution in [3.05, 3.63) is 24.3 Å². The Morgan fingerprint density at radius 3 is 3.00 bits per heavy atom. The van der Waals surface area contributed by atoms with Crippen molar-refractivity contribution < 1.29 is 0 Å². The molecule has 0 aliphatic heterocycles. The van der Waals surface area contributed by atoms with E-state index < -0.39 is 0 Å². The summed E-state index contributed by atoms with van der Waals surface area (Å²) in [6.07, 6.45) is 11.3. The summed E-state index contributed by atoms with van der Waals surface area (Å²) >= 11 is 0. The van der Waals surface area contributed by atoms with Crippen LogP contribution in [-0.4, -0.2) is 14.5 Å². The molecule has 2 aromatic heterocycles. The summed E-state index contributed by atoms with van der Waals surface area (Å²) in [7, 11) is 2.08. The highest BCUT2D eigenvalue weighted by Crippen LogP contribution is 2.63. The number of hydrogen-bond donors (Lipinski definition) is 0. The SMILES string of the molecule is Cn1ccc2cnc(C3CC4CC3C3CCCC43)nc21. The molecule has 2 aromatic rings. The zero-order valence-electron chi connectivity index (χ0n) is 12.0. The van der Waals surface area contributed by atoms with Gasteiger partial charge < -0.3 is 4.57 Å². The monoisotopic (exact) mass is 267 g/mol. The molecule has 0 aromatic carbocycles. The van der Waals surface area contributed by atoms with Gasteiger partial charge in [-0.1, -0.05) is 6.42 Å². The topological polar surface area (TPSA) is 30.7 Å². The number of rotatable bonds is 1. The standard InChI is InChI=1S/C17H21N3/c1-20-6-5-10-9-18-16(19-17(10)20)15-8-11-7-14(15)13-4-2-3-12(11)13/h5-6,9,11-15H,2-4,7-8H2,1H3. The van der Waals surface area contributed by atoms with Gasteiger partial charge in [0.2, 0.25) is 0 Å². The molecule has 5 rings (SSSR count). The first-order chi connectivity index (χ1) is 9.81. The Labute approximate surface area is 119 Å². The lowest BCUT2D eigenvalue weighted by Crippen LogP contribution is -2.24. The highest BCUT2D eigenvalue weighted by molar-refractivity contribution is 5.74. The fraction of sp³-hybridized carbons (Fsp3) is 0.647. The van der Waals surface area contributed by atoms with Crippen LogP contribution < -0.4 is 0 Å². The van der Waals surface area contributed by atoms with Gasteiger partial charge >= 0.3 is 0 Å². The van der Waals surface area contributed by atoms with Crippen molar-refractivity contribution in [2.24, 2.45) is 30.7 Å². The molecule has 3 fully saturated rings. The molecule has 0 amide bonds. The quantitative estimate of drug-likeness (QED) is 0.791. The molecular formula is C17H21N3. The molecule has 3 aliphatic carbocycles. The molecule has 3 aliphatic rings. The Morgan fingerprint density at radius 2 is 2.05 bits per heavy atom. The van der Waals surface area contributed by atoms with Crippen molar-refractivity contribution in [3.63, 3.8) is 0 Å². The second-order valence-corrected chi connectivity index (χ2v) is 7.19. The van der Waals surface area contributed by atoms with Gasteiger partial charge in [0, 0.05) is 30.7 Å². The first-order valence-corrected chi connectivity index (χ1v) is 8.09. The molecular weight excluding hydrogens is 246 g/mol. The molecule has 2 bridgehead atoms. The maximum absolute atomic E-state index is 4.90. The average molecular weight is 267 g/mol. The van der Waals surface area contributed by atoms with Gasteiger partial charge in [0.05, 0.1) is 0 Å². The van der Waals surface area contributed by atoms with E-state index in [2.05, 4.69) is 23.9 Å². The summed E-state index contributed by atoms with van der Waals surface area (Å²) in [4.78, 5) is 9.61. The maximum atomic E-state index is 4.90. The van der Waals surface area contributed by atoms with Crippen molar-refractivity contribution in [1.82, 2.24) is 14.5 Å².